The Morgan fingerprint density at radius 3 is 2.40 bits per heavy atom. The van der Waals surface area contributed by atoms with Gasteiger partial charge >= 0.3 is 6.03 Å². The van der Waals surface area contributed by atoms with Gasteiger partial charge in [-0.2, -0.15) is 5.10 Å². The van der Waals surface area contributed by atoms with E-state index in [1.165, 1.54) is 0 Å². The summed E-state index contributed by atoms with van der Waals surface area (Å²) in [5.74, 6) is 2.69. The standard InChI is InChI=1S/C19H17N5O/c1-2-13-21-19(25)22-17-16(14-9-5-3-6-10-14)23-24(18(17)20)15-11-7-4-8-12-15/h1,3-12H,13,20H2,(H2,21,22,25). The summed E-state index contributed by atoms with van der Waals surface area (Å²) in [7, 11) is 0. The molecule has 4 N–H and O–H groups in total. The molecule has 0 radical (unpaired) electrons. The predicted octanol–water partition coefficient (Wildman–Crippen LogP) is 2.88. The average molecular weight is 331 g/mol. The van der Waals surface area contributed by atoms with E-state index in [0.29, 0.717) is 17.2 Å². The van der Waals surface area contributed by atoms with Crippen LogP contribution in [0.15, 0.2) is 60.7 Å². The minimum atomic E-state index is -0.436. The number of rotatable bonds is 4. The number of nitrogens with one attached hydrogen (secondary N) is 2. The number of amides is 2. The fourth-order valence-electron chi connectivity index (χ4n) is 2.41. The SMILES string of the molecule is C#CCNC(=O)Nc1c(-c2ccccc2)nn(-c2ccccc2)c1N. The third-order valence-corrected chi connectivity index (χ3v) is 3.56. The molecule has 0 aliphatic rings. The van der Waals surface area contributed by atoms with Crippen molar-refractivity contribution < 1.29 is 4.79 Å². The molecule has 0 bridgehead atoms. The first kappa shape index (κ1) is 16.1. The van der Waals surface area contributed by atoms with Crippen LogP contribution in [0.2, 0.25) is 0 Å². The highest BCUT2D eigenvalue weighted by Crippen LogP contribution is 2.33. The molecule has 124 valence electrons. The summed E-state index contributed by atoms with van der Waals surface area (Å²) >= 11 is 0. The van der Waals surface area contributed by atoms with Crippen LogP contribution in [-0.2, 0) is 0 Å². The number of urea groups is 1. The average Bonchev–Trinajstić information content (AvgIpc) is 2.98. The van der Waals surface area contributed by atoms with Gasteiger partial charge in [-0.15, -0.1) is 6.42 Å². The van der Waals surface area contributed by atoms with E-state index in [9.17, 15) is 4.79 Å². The van der Waals surface area contributed by atoms with E-state index >= 15 is 0 Å². The zero-order chi connectivity index (χ0) is 17.6. The molecule has 0 aliphatic heterocycles. The lowest BCUT2D eigenvalue weighted by Crippen LogP contribution is -2.29. The topological polar surface area (TPSA) is 85.0 Å². The summed E-state index contributed by atoms with van der Waals surface area (Å²) in [5, 5.41) is 9.90. The minimum absolute atomic E-state index is 0.124. The third kappa shape index (κ3) is 3.46. The molecule has 0 saturated carbocycles. The maximum atomic E-state index is 12.0. The van der Waals surface area contributed by atoms with Crippen LogP contribution >= 0.6 is 0 Å². The summed E-state index contributed by atoms with van der Waals surface area (Å²) in [6, 6.07) is 18.6. The van der Waals surface area contributed by atoms with Crippen molar-refractivity contribution in [3.8, 4) is 29.3 Å². The zero-order valence-electron chi connectivity index (χ0n) is 13.4. The monoisotopic (exact) mass is 331 g/mol. The number of hydrogen-bond donors (Lipinski definition) is 3. The molecule has 2 amide bonds. The smallest absolute Gasteiger partial charge is 0.320 e. The van der Waals surface area contributed by atoms with Crippen molar-refractivity contribution in [2.75, 3.05) is 17.6 Å². The molecule has 3 rings (SSSR count). The number of para-hydroxylation sites is 1. The number of nitrogens with zero attached hydrogens (tertiary/aromatic N) is 2. The molecule has 3 aromatic rings. The quantitative estimate of drug-likeness (QED) is 0.643. The Morgan fingerprint density at radius 1 is 1.12 bits per heavy atom. The molecular formula is C19H17N5O. The van der Waals surface area contributed by atoms with Crippen molar-refractivity contribution in [2.45, 2.75) is 0 Å². The molecule has 2 aromatic carbocycles. The van der Waals surface area contributed by atoms with E-state index in [2.05, 4.69) is 21.7 Å². The van der Waals surface area contributed by atoms with Gasteiger partial charge in [-0.05, 0) is 12.1 Å². The number of terminal acetylenes is 1. The van der Waals surface area contributed by atoms with Gasteiger partial charge in [0.25, 0.3) is 0 Å². The Labute approximate surface area is 145 Å². The second-order valence-corrected chi connectivity index (χ2v) is 5.23. The Hall–Kier alpha value is -3.72. The highest BCUT2D eigenvalue weighted by molar-refractivity contribution is 5.97. The van der Waals surface area contributed by atoms with Crippen LogP contribution in [0.3, 0.4) is 0 Å². The Morgan fingerprint density at radius 2 is 1.76 bits per heavy atom. The number of carbonyl (C=O) groups is 1. The predicted molar refractivity (Wildman–Crippen MR) is 99.3 cm³/mol. The summed E-state index contributed by atoms with van der Waals surface area (Å²) in [5.41, 5.74) is 8.93. The number of nitrogen functional groups attached to an aromatic ring is 1. The third-order valence-electron chi connectivity index (χ3n) is 3.56. The van der Waals surface area contributed by atoms with Gasteiger partial charge in [0, 0.05) is 5.56 Å². The lowest BCUT2D eigenvalue weighted by Gasteiger charge is -2.07. The highest BCUT2D eigenvalue weighted by atomic mass is 16.2. The number of aromatic nitrogens is 2. The van der Waals surface area contributed by atoms with Gasteiger partial charge in [0.15, 0.2) is 5.82 Å². The van der Waals surface area contributed by atoms with Gasteiger partial charge in [-0.25, -0.2) is 9.48 Å². The Bertz CT molecular complexity index is 910. The first-order valence-corrected chi connectivity index (χ1v) is 7.68. The molecule has 0 unspecified atom stereocenters. The van der Waals surface area contributed by atoms with Gasteiger partial charge in [0.2, 0.25) is 0 Å². The maximum Gasteiger partial charge on any atom is 0.320 e. The van der Waals surface area contributed by atoms with E-state index in [-0.39, 0.29) is 6.54 Å². The van der Waals surface area contributed by atoms with Crippen LogP contribution in [-0.4, -0.2) is 22.4 Å². The fraction of sp³-hybridized carbons (Fsp3) is 0.0526. The van der Waals surface area contributed by atoms with Gasteiger partial charge < -0.3 is 16.4 Å². The van der Waals surface area contributed by atoms with Gasteiger partial charge in [0.1, 0.15) is 11.4 Å². The van der Waals surface area contributed by atoms with Crippen LogP contribution in [0.4, 0.5) is 16.3 Å². The molecule has 0 atom stereocenters. The number of nitrogens with two attached hydrogens (primary N) is 1. The van der Waals surface area contributed by atoms with Crippen molar-refractivity contribution in [1.29, 1.82) is 0 Å². The van der Waals surface area contributed by atoms with Gasteiger partial charge in [0.05, 0.1) is 12.2 Å². The van der Waals surface area contributed by atoms with Gasteiger partial charge in [-0.1, -0.05) is 54.5 Å². The van der Waals surface area contributed by atoms with E-state index in [1.54, 1.807) is 4.68 Å². The molecule has 1 aromatic heterocycles. The number of hydrogen-bond acceptors (Lipinski definition) is 3. The van der Waals surface area contributed by atoms with E-state index in [4.69, 9.17) is 12.2 Å². The lowest BCUT2D eigenvalue weighted by molar-refractivity contribution is 0.253. The van der Waals surface area contributed by atoms with Crippen molar-refractivity contribution >= 4 is 17.5 Å². The molecule has 1 heterocycles. The molecule has 6 heteroatoms. The second-order valence-electron chi connectivity index (χ2n) is 5.23. The molecule has 0 spiro atoms. The molecule has 0 saturated heterocycles. The number of carbonyl (C=O) groups excluding carboxylic acids is 1. The fourth-order valence-corrected chi connectivity index (χ4v) is 2.41. The van der Waals surface area contributed by atoms with Gasteiger partial charge in [-0.3, -0.25) is 0 Å². The van der Waals surface area contributed by atoms with Crippen LogP contribution in [0, 0.1) is 12.3 Å². The van der Waals surface area contributed by atoms with Crippen LogP contribution < -0.4 is 16.4 Å². The summed E-state index contributed by atoms with van der Waals surface area (Å²) in [4.78, 5) is 12.0. The lowest BCUT2D eigenvalue weighted by atomic mass is 10.1. The number of benzene rings is 2. The summed E-state index contributed by atoms with van der Waals surface area (Å²) in [6.45, 7) is 0.124. The van der Waals surface area contributed by atoms with Crippen LogP contribution in [0.1, 0.15) is 0 Å². The van der Waals surface area contributed by atoms with E-state index in [0.717, 1.165) is 11.3 Å². The molecule has 25 heavy (non-hydrogen) atoms. The first-order chi connectivity index (χ1) is 12.2. The molecule has 6 nitrogen and oxygen atoms in total. The van der Waals surface area contributed by atoms with Crippen molar-refractivity contribution in [1.82, 2.24) is 15.1 Å². The molecule has 0 aliphatic carbocycles. The van der Waals surface area contributed by atoms with E-state index < -0.39 is 6.03 Å². The maximum absolute atomic E-state index is 12.0. The Kier molecular flexibility index (Phi) is 4.67. The van der Waals surface area contributed by atoms with Crippen LogP contribution in [0.25, 0.3) is 16.9 Å². The first-order valence-electron chi connectivity index (χ1n) is 7.68. The van der Waals surface area contributed by atoms with Crippen molar-refractivity contribution in [3.05, 3.63) is 60.7 Å². The molecule has 0 fully saturated rings. The van der Waals surface area contributed by atoms with Crippen molar-refractivity contribution in [3.63, 3.8) is 0 Å². The second kappa shape index (κ2) is 7.23. The normalized spacial score (nSPS) is 10.0. The Balaban J connectivity index is 2.06. The zero-order valence-corrected chi connectivity index (χ0v) is 13.4. The van der Waals surface area contributed by atoms with Crippen LogP contribution in [0.5, 0.6) is 0 Å². The largest absolute Gasteiger partial charge is 0.382 e. The summed E-state index contributed by atoms with van der Waals surface area (Å²) in [6.07, 6.45) is 5.17. The summed E-state index contributed by atoms with van der Waals surface area (Å²) < 4.78 is 1.60. The number of anilines is 2. The van der Waals surface area contributed by atoms with Crippen molar-refractivity contribution in [2.24, 2.45) is 0 Å². The van der Waals surface area contributed by atoms with E-state index in [1.807, 2.05) is 60.7 Å². The minimum Gasteiger partial charge on any atom is -0.382 e. The highest BCUT2D eigenvalue weighted by Gasteiger charge is 2.19. The molecular weight excluding hydrogens is 314 g/mol.